The highest BCUT2D eigenvalue weighted by Gasteiger charge is 2.44. The van der Waals surface area contributed by atoms with E-state index in [0.717, 1.165) is 50.7 Å². The molecule has 24 heavy (non-hydrogen) atoms. The van der Waals surface area contributed by atoms with Gasteiger partial charge in [0.05, 0.1) is 12.1 Å². The SMILES string of the molecule is O[C@@H]1CC[C@H]2CCN(c3nccc(N4Cc5ccccc5C4)n3)[C@H]21. The number of aliphatic hydroxyl groups excluding tert-OH is 1. The van der Waals surface area contributed by atoms with Crippen molar-refractivity contribution in [1.29, 1.82) is 0 Å². The maximum absolute atomic E-state index is 10.3. The Morgan fingerprint density at radius 1 is 1.00 bits per heavy atom. The van der Waals surface area contributed by atoms with E-state index in [4.69, 9.17) is 4.98 Å². The fourth-order valence-corrected chi connectivity index (χ4v) is 4.65. The van der Waals surface area contributed by atoms with Crippen molar-refractivity contribution in [3.8, 4) is 0 Å². The largest absolute Gasteiger partial charge is 0.391 e. The second-order valence-electron chi connectivity index (χ2n) is 7.22. The van der Waals surface area contributed by atoms with Gasteiger partial charge in [-0.15, -0.1) is 0 Å². The van der Waals surface area contributed by atoms with Gasteiger partial charge in [0.15, 0.2) is 0 Å². The van der Waals surface area contributed by atoms with Gasteiger partial charge in [-0.2, -0.15) is 4.98 Å². The van der Waals surface area contributed by atoms with Gasteiger partial charge in [0.1, 0.15) is 5.82 Å². The highest BCUT2D eigenvalue weighted by Crippen LogP contribution is 2.39. The van der Waals surface area contributed by atoms with Crippen LogP contribution in [0.15, 0.2) is 36.5 Å². The highest BCUT2D eigenvalue weighted by molar-refractivity contribution is 5.50. The van der Waals surface area contributed by atoms with Gasteiger partial charge in [-0.3, -0.25) is 0 Å². The van der Waals surface area contributed by atoms with Crippen LogP contribution < -0.4 is 9.80 Å². The van der Waals surface area contributed by atoms with E-state index >= 15 is 0 Å². The van der Waals surface area contributed by atoms with Crippen LogP contribution in [0.4, 0.5) is 11.8 Å². The topological polar surface area (TPSA) is 52.5 Å². The molecule has 0 radical (unpaired) electrons. The van der Waals surface area contributed by atoms with Crippen LogP contribution in [0.25, 0.3) is 0 Å². The first kappa shape index (κ1) is 14.2. The molecule has 1 N–H and O–H groups in total. The Kier molecular flexibility index (Phi) is 3.23. The fraction of sp³-hybridized carbons (Fsp3) is 0.474. The lowest BCUT2D eigenvalue weighted by Crippen LogP contribution is -2.39. The summed E-state index contributed by atoms with van der Waals surface area (Å²) in [6.45, 7) is 2.76. The first-order valence-electron chi connectivity index (χ1n) is 8.89. The van der Waals surface area contributed by atoms with Crippen molar-refractivity contribution >= 4 is 11.8 Å². The molecule has 2 aliphatic heterocycles. The van der Waals surface area contributed by atoms with Crippen LogP contribution in [0.1, 0.15) is 30.4 Å². The number of rotatable bonds is 2. The molecule has 1 aromatic heterocycles. The maximum Gasteiger partial charge on any atom is 0.227 e. The van der Waals surface area contributed by atoms with E-state index in [-0.39, 0.29) is 12.1 Å². The number of aromatic nitrogens is 2. The molecule has 124 valence electrons. The fourth-order valence-electron chi connectivity index (χ4n) is 4.65. The van der Waals surface area contributed by atoms with Crippen LogP contribution in [-0.2, 0) is 13.1 Å². The van der Waals surface area contributed by atoms with E-state index in [1.54, 1.807) is 0 Å². The lowest BCUT2D eigenvalue weighted by atomic mass is 10.0. The van der Waals surface area contributed by atoms with Crippen LogP contribution in [0.5, 0.6) is 0 Å². The quantitative estimate of drug-likeness (QED) is 0.920. The molecule has 2 aromatic rings. The second kappa shape index (κ2) is 5.45. The van der Waals surface area contributed by atoms with Crippen LogP contribution >= 0.6 is 0 Å². The van der Waals surface area contributed by atoms with Gasteiger partial charge < -0.3 is 14.9 Å². The minimum absolute atomic E-state index is 0.205. The molecule has 0 amide bonds. The molecule has 5 nitrogen and oxygen atoms in total. The van der Waals surface area contributed by atoms with Gasteiger partial charge in [0.25, 0.3) is 0 Å². The third kappa shape index (κ3) is 2.18. The lowest BCUT2D eigenvalue weighted by molar-refractivity contribution is 0.160. The molecule has 2 fully saturated rings. The minimum atomic E-state index is -0.235. The summed E-state index contributed by atoms with van der Waals surface area (Å²) in [5.74, 6) is 2.35. The zero-order valence-corrected chi connectivity index (χ0v) is 13.7. The smallest absolute Gasteiger partial charge is 0.227 e. The summed E-state index contributed by atoms with van der Waals surface area (Å²) in [5, 5.41) is 10.3. The van der Waals surface area contributed by atoms with Gasteiger partial charge >= 0.3 is 0 Å². The lowest BCUT2D eigenvalue weighted by Gasteiger charge is -2.27. The zero-order chi connectivity index (χ0) is 16.1. The predicted molar refractivity (Wildman–Crippen MR) is 92.8 cm³/mol. The van der Waals surface area contributed by atoms with Crippen LogP contribution in [-0.4, -0.2) is 33.8 Å². The summed E-state index contributed by atoms with van der Waals surface area (Å²) in [6.07, 6.45) is 4.80. The Morgan fingerprint density at radius 3 is 2.58 bits per heavy atom. The summed E-state index contributed by atoms with van der Waals surface area (Å²) in [6, 6.07) is 10.8. The molecular formula is C19H22N4O. The van der Waals surface area contributed by atoms with E-state index in [1.807, 2.05) is 12.3 Å². The molecular weight excluding hydrogens is 300 g/mol. The van der Waals surface area contributed by atoms with E-state index in [0.29, 0.717) is 5.92 Å². The number of anilines is 2. The number of hydrogen-bond acceptors (Lipinski definition) is 5. The summed E-state index contributed by atoms with van der Waals surface area (Å²) in [5.41, 5.74) is 2.76. The monoisotopic (exact) mass is 322 g/mol. The van der Waals surface area contributed by atoms with Crippen LogP contribution in [0, 0.1) is 5.92 Å². The number of nitrogens with zero attached hydrogens (tertiary/aromatic N) is 4. The Hall–Kier alpha value is -2.14. The van der Waals surface area contributed by atoms with Gasteiger partial charge in [-0.1, -0.05) is 24.3 Å². The first-order chi connectivity index (χ1) is 11.8. The minimum Gasteiger partial charge on any atom is -0.391 e. The third-order valence-electron chi connectivity index (χ3n) is 5.86. The van der Waals surface area contributed by atoms with E-state index in [1.165, 1.54) is 11.1 Å². The van der Waals surface area contributed by atoms with Gasteiger partial charge in [-0.05, 0) is 42.4 Å². The number of benzene rings is 1. The normalized spacial score (nSPS) is 28.3. The average Bonchev–Trinajstić information content (AvgIpc) is 3.31. The van der Waals surface area contributed by atoms with Crippen molar-refractivity contribution in [3.05, 3.63) is 47.7 Å². The van der Waals surface area contributed by atoms with E-state index in [2.05, 4.69) is 39.0 Å². The number of hydrogen-bond donors (Lipinski definition) is 1. The Balaban J connectivity index is 1.42. The zero-order valence-electron chi connectivity index (χ0n) is 13.7. The number of fused-ring (bicyclic) bond motifs is 2. The van der Waals surface area contributed by atoms with Crippen LogP contribution in [0.2, 0.25) is 0 Å². The van der Waals surface area contributed by atoms with E-state index < -0.39 is 0 Å². The number of aliphatic hydroxyl groups is 1. The maximum atomic E-state index is 10.3. The van der Waals surface area contributed by atoms with E-state index in [9.17, 15) is 5.11 Å². The molecule has 1 saturated heterocycles. The predicted octanol–water partition coefficient (Wildman–Crippen LogP) is 2.35. The average molecular weight is 322 g/mol. The van der Waals surface area contributed by atoms with Crippen molar-refractivity contribution in [1.82, 2.24) is 9.97 Å². The molecule has 1 saturated carbocycles. The van der Waals surface area contributed by atoms with Gasteiger partial charge in [0.2, 0.25) is 5.95 Å². The van der Waals surface area contributed by atoms with Crippen molar-refractivity contribution in [2.75, 3.05) is 16.3 Å². The summed E-state index contributed by atoms with van der Waals surface area (Å²) in [7, 11) is 0. The second-order valence-corrected chi connectivity index (χ2v) is 7.22. The molecule has 5 heteroatoms. The van der Waals surface area contributed by atoms with Gasteiger partial charge in [0, 0.05) is 25.8 Å². The summed E-state index contributed by atoms with van der Waals surface area (Å²) in [4.78, 5) is 13.9. The molecule has 3 heterocycles. The van der Waals surface area contributed by atoms with Gasteiger partial charge in [-0.25, -0.2) is 4.98 Å². The molecule has 1 aliphatic carbocycles. The molecule has 0 spiro atoms. The molecule has 0 unspecified atom stereocenters. The summed E-state index contributed by atoms with van der Waals surface area (Å²) < 4.78 is 0. The van der Waals surface area contributed by atoms with Crippen molar-refractivity contribution < 1.29 is 5.11 Å². The summed E-state index contributed by atoms with van der Waals surface area (Å²) >= 11 is 0. The molecule has 0 bridgehead atoms. The standard InChI is InChI=1S/C19H22N4O/c24-16-6-5-13-8-10-23(18(13)16)19-20-9-7-17(21-19)22-11-14-3-1-2-4-15(14)12-22/h1-4,7,9,13,16,18,24H,5-6,8,10-12H2/t13-,16+,18+/m0/s1. The van der Waals surface area contributed by atoms with Crippen molar-refractivity contribution in [2.24, 2.45) is 5.92 Å². The van der Waals surface area contributed by atoms with Crippen molar-refractivity contribution in [2.45, 2.75) is 44.5 Å². The molecule has 3 aliphatic rings. The van der Waals surface area contributed by atoms with Crippen LogP contribution in [0.3, 0.4) is 0 Å². The third-order valence-corrected chi connectivity index (χ3v) is 5.86. The molecule has 1 aromatic carbocycles. The highest BCUT2D eigenvalue weighted by atomic mass is 16.3. The Bertz CT molecular complexity index is 740. The molecule has 5 rings (SSSR count). The Morgan fingerprint density at radius 2 is 1.79 bits per heavy atom. The Labute approximate surface area is 142 Å². The first-order valence-corrected chi connectivity index (χ1v) is 8.89. The van der Waals surface area contributed by atoms with Crippen molar-refractivity contribution in [3.63, 3.8) is 0 Å². The molecule has 3 atom stereocenters.